The highest BCUT2D eigenvalue weighted by atomic mass is 127. The molecule has 2 aromatic rings. The molecule has 0 aliphatic heterocycles. The SMILES string of the molecule is CCNC(=NCc1cc(C)cc(OC)c1)NCc1nnc(C)n1C.I. The van der Waals surface area contributed by atoms with Crippen molar-refractivity contribution in [3.63, 3.8) is 0 Å². The molecule has 1 aromatic carbocycles. The van der Waals surface area contributed by atoms with Gasteiger partial charge in [-0.2, -0.15) is 0 Å². The van der Waals surface area contributed by atoms with Crippen LogP contribution in [0.5, 0.6) is 5.75 Å². The van der Waals surface area contributed by atoms with Gasteiger partial charge in [-0.15, -0.1) is 34.2 Å². The van der Waals surface area contributed by atoms with E-state index in [9.17, 15) is 0 Å². The van der Waals surface area contributed by atoms with Crippen LogP contribution in [0.1, 0.15) is 29.7 Å². The normalized spacial score (nSPS) is 11.0. The molecule has 2 rings (SSSR count). The molecule has 138 valence electrons. The Morgan fingerprint density at radius 3 is 2.56 bits per heavy atom. The number of nitrogens with zero attached hydrogens (tertiary/aromatic N) is 4. The molecule has 0 aliphatic rings. The summed E-state index contributed by atoms with van der Waals surface area (Å²) >= 11 is 0. The molecule has 0 amide bonds. The Morgan fingerprint density at radius 1 is 1.20 bits per heavy atom. The van der Waals surface area contributed by atoms with Crippen LogP contribution in [0.2, 0.25) is 0 Å². The lowest BCUT2D eigenvalue weighted by atomic mass is 10.1. The van der Waals surface area contributed by atoms with E-state index in [1.165, 1.54) is 0 Å². The van der Waals surface area contributed by atoms with E-state index in [1.807, 2.05) is 37.6 Å². The number of guanidine groups is 1. The first kappa shape index (κ1) is 21.2. The summed E-state index contributed by atoms with van der Waals surface area (Å²) in [5.74, 6) is 3.36. The van der Waals surface area contributed by atoms with Gasteiger partial charge in [0.1, 0.15) is 11.6 Å². The van der Waals surface area contributed by atoms with E-state index in [0.717, 1.165) is 41.0 Å². The minimum atomic E-state index is 0. The molecule has 0 radical (unpaired) electrons. The first-order chi connectivity index (χ1) is 11.5. The Hall–Kier alpha value is -1.84. The quantitative estimate of drug-likeness (QED) is 0.395. The Balaban J connectivity index is 0.00000312. The average molecular weight is 458 g/mol. The number of aryl methyl sites for hydroxylation is 2. The molecular formula is C17H27IN6O. The minimum Gasteiger partial charge on any atom is -0.497 e. The van der Waals surface area contributed by atoms with Crippen molar-refractivity contribution in [3.05, 3.63) is 41.0 Å². The first-order valence-corrected chi connectivity index (χ1v) is 8.05. The monoisotopic (exact) mass is 458 g/mol. The van der Waals surface area contributed by atoms with Crippen LogP contribution in [0.25, 0.3) is 0 Å². The lowest BCUT2D eigenvalue weighted by molar-refractivity contribution is 0.414. The second-order valence-electron chi connectivity index (χ2n) is 5.63. The minimum absolute atomic E-state index is 0. The van der Waals surface area contributed by atoms with Crippen LogP contribution >= 0.6 is 24.0 Å². The summed E-state index contributed by atoms with van der Waals surface area (Å²) in [6.07, 6.45) is 0. The third-order valence-electron chi connectivity index (χ3n) is 3.71. The van der Waals surface area contributed by atoms with Gasteiger partial charge in [-0.3, -0.25) is 0 Å². The van der Waals surface area contributed by atoms with Gasteiger partial charge in [0.25, 0.3) is 0 Å². The zero-order valence-electron chi connectivity index (χ0n) is 15.5. The second-order valence-corrected chi connectivity index (χ2v) is 5.63. The van der Waals surface area contributed by atoms with E-state index in [-0.39, 0.29) is 24.0 Å². The van der Waals surface area contributed by atoms with Crippen molar-refractivity contribution in [1.82, 2.24) is 25.4 Å². The van der Waals surface area contributed by atoms with Gasteiger partial charge >= 0.3 is 0 Å². The van der Waals surface area contributed by atoms with Crippen LogP contribution in [-0.4, -0.2) is 34.4 Å². The number of hydrogen-bond donors (Lipinski definition) is 2. The Kier molecular flexibility index (Phi) is 8.67. The predicted molar refractivity (Wildman–Crippen MR) is 111 cm³/mol. The highest BCUT2D eigenvalue weighted by Crippen LogP contribution is 2.16. The lowest BCUT2D eigenvalue weighted by Crippen LogP contribution is -2.37. The standard InChI is InChI=1S/C17H26N6O.HI/c1-6-18-17(20-11-16-22-21-13(3)23(16)4)19-10-14-7-12(2)8-15(9-14)24-5;/h7-9H,6,10-11H2,1-5H3,(H2,18,19,20);1H. The van der Waals surface area contributed by atoms with Gasteiger partial charge in [-0.25, -0.2) is 4.99 Å². The van der Waals surface area contributed by atoms with Crippen molar-refractivity contribution < 1.29 is 4.74 Å². The summed E-state index contributed by atoms with van der Waals surface area (Å²) < 4.78 is 7.27. The third kappa shape index (κ3) is 6.18. The summed E-state index contributed by atoms with van der Waals surface area (Å²) in [6, 6.07) is 6.13. The van der Waals surface area contributed by atoms with Gasteiger partial charge in [-0.1, -0.05) is 6.07 Å². The summed E-state index contributed by atoms with van der Waals surface area (Å²) in [6.45, 7) is 7.96. The zero-order chi connectivity index (χ0) is 17.5. The van der Waals surface area contributed by atoms with Crippen molar-refractivity contribution in [3.8, 4) is 5.75 Å². The summed E-state index contributed by atoms with van der Waals surface area (Å²) in [7, 11) is 3.63. The lowest BCUT2D eigenvalue weighted by Gasteiger charge is -2.11. The maximum absolute atomic E-state index is 5.31. The number of rotatable bonds is 6. The zero-order valence-corrected chi connectivity index (χ0v) is 17.8. The highest BCUT2D eigenvalue weighted by molar-refractivity contribution is 14.0. The predicted octanol–water partition coefficient (Wildman–Crippen LogP) is 2.31. The van der Waals surface area contributed by atoms with Crippen molar-refractivity contribution >= 4 is 29.9 Å². The second kappa shape index (κ2) is 10.2. The molecule has 1 aromatic heterocycles. The van der Waals surface area contributed by atoms with Crippen molar-refractivity contribution in [1.29, 1.82) is 0 Å². The number of aliphatic imine (C=N–C) groups is 1. The Morgan fingerprint density at radius 2 is 1.96 bits per heavy atom. The first-order valence-electron chi connectivity index (χ1n) is 8.05. The van der Waals surface area contributed by atoms with E-state index < -0.39 is 0 Å². The number of aromatic nitrogens is 3. The number of nitrogens with one attached hydrogen (secondary N) is 2. The van der Waals surface area contributed by atoms with E-state index >= 15 is 0 Å². The van der Waals surface area contributed by atoms with E-state index in [0.29, 0.717) is 13.1 Å². The molecule has 0 unspecified atom stereocenters. The van der Waals surface area contributed by atoms with Crippen molar-refractivity contribution in [2.24, 2.45) is 12.0 Å². The molecule has 0 bridgehead atoms. The van der Waals surface area contributed by atoms with Crippen LogP contribution in [0.4, 0.5) is 0 Å². The fourth-order valence-electron chi connectivity index (χ4n) is 2.31. The maximum Gasteiger partial charge on any atom is 0.191 e. The Labute approximate surface area is 166 Å². The van der Waals surface area contributed by atoms with Crippen molar-refractivity contribution in [2.45, 2.75) is 33.9 Å². The summed E-state index contributed by atoms with van der Waals surface area (Å²) in [4.78, 5) is 4.63. The molecule has 8 heteroatoms. The van der Waals surface area contributed by atoms with Crippen molar-refractivity contribution in [2.75, 3.05) is 13.7 Å². The molecule has 1 heterocycles. The number of benzene rings is 1. The molecule has 0 atom stereocenters. The number of halogens is 1. The van der Waals surface area contributed by atoms with Gasteiger partial charge in [0.15, 0.2) is 11.8 Å². The number of hydrogen-bond acceptors (Lipinski definition) is 4. The molecule has 25 heavy (non-hydrogen) atoms. The molecule has 0 fully saturated rings. The topological polar surface area (TPSA) is 76.4 Å². The van der Waals surface area contributed by atoms with E-state index in [1.54, 1.807) is 7.11 Å². The number of methoxy groups -OCH3 is 1. The smallest absolute Gasteiger partial charge is 0.191 e. The molecule has 0 saturated heterocycles. The van der Waals surface area contributed by atoms with Gasteiger partial charge < -0.3 is 19.9 Å². The van der Waals surface area contributed by atoms with Crippen LogP contribution in [0, 0.1) is 13.8 Å². The van der Waals surface area contributed by atoms with Crippen LogP contribution in [-0.2, 0) is 20.1 Å². The average Bonchev–Trinajstić information content (AvgIpc) is 2.88. The molecule has 0 aliphatic carbocycles. The fourth-order valence-corrected chi connectivity index (χ4v) is 2.31. The molecule has 0 saturated carbocycles. The molecule has 7 nitrogen and oxygen atoms in total. The summed E-state index contributed by atoms with van der Waals surface area (Å²) in [5.41, 5.74) is 2.27. The van der Waals surface area contributed by atoms with E-state index in [2.05, 4.69) is 38.8 Å². The van der Waals surface area contributed by atoms with Gasteiger partial charge in [0, 0.05) is 13.6 Å². The van der Waals surface area contributed by atoms with Gasteiger partial charge in [0.05, 0.1) is 20.2 Å². The maximum atomic E-state index is 5.31. The van der Waals surface area contributed by atoms with Gasteiger partial charge in [0.2, 0.25) is 0 Å². The van der Waals surface area contributed by atoms with Gasteiger partial charge in [-0.05, 0) is 44.0 Å². The summed E-state index contributed by atoms with van der Waals surface area (Å²) in [5, 5.41) is 14.7. The highest BCUT2D eigenvalue weighted by Gasteiger charge is 2.06. The largest absolute Gasteiger partial charge is 0.497 e. The molecule has 0 spiro atoms. The number of ether oxygens (including phenoxy) is 1. The Bertz CT molecular complexity index is 713. The van der Waals surface area contributed by atoms with Crippen LogP contribution in [0.3, 0.4) is 0 Å². The fraction of sp³-hybridized carbons (Fsp3) is 0.471. The molecule has 2 N–H and O–H groups in total. The van der Waals surface area contributed by atoms with Crippen LogP contribution in [0.15, 0.2) is 23.2 Å². The van der Waals surface area contributed by atoms with Crippen LogP contribution < -0.4 is 15.4 Å². The third-order valence-corrected chi connectivity index (χ3v) is 3.71. The molecular weight excluding hydrogens is 431 g/mol. The van der Waals surface area contributed by atoms with E-state index in [4.69, 9.17) is 4.74 Å².